The van der Waals surface area contributed by atoms with Crippen molar-refractivity contribution in [2.24, 2.45) is 0 Å². The molecular weight excluding hydrogens is 352 g/mol. The van der Waals surface area contributed by atoms with Crippen LogP contribution in [0.15, 0.2) is 24.3 Å². The maximum Gasteiger partial charge on any atom is 0.317 e. The molecule has 0 atom stereocenters. The van der Waals surface area contributed by atoms with Gasteiger partial charge in [0.25, 0.3) is 5.69 Å². The van der Waals surface area contributed by atoms with Crippen LogP contribution in [0.1, 0.15) is 19.8 Å². The summed E-state index contributed by atoms with van der Waals surface area (Å²) in [7, 11) is 1.67. The number of rotatable bonds is 8. The van der Waals surface area contributed by atoms with Crippen molar-refractivity contribution in [1.82, 2.24) is 9.80 Å². The van der Waals surface area contributed by atoms with Crippen molar-refractivity contribution in [3.05, 3.63) is 34.4 Å². The molecule has 9 heteroatoms. The highest BCUT2D eigenvalue weighted by Crippen LogP contribution is 2.26. The van der Waals surface area contributed by atoms with E-state index >= 15 is 0 Å². The molecule has 1 saturated heterocycles. The van der Waals surface area contributed by atoms with Crippen LogP contribution in [-0.4, -0.2) is 77.5 Å². The fourth-order valence-corrected chi connectivity index (χ4v) is 3.48. The van der Waals surface area contributed by atoms with E-state index in [1.807, 2.05) is 11.8 Å². The zero-order valence-corrected chi connectivity index (χ0v) is 15.7. The van der Waals surface area contributed by atoms with Gasteiger partial charge in [-0.25, -0.2) is 0 Å². The molecule has 148 valence electrons. The molecule has 0 aromatic heterocycles. The van der Waals surface area contributed by atoms with Crippen molar-refractivity contribution in [2.75, 3.05) is 44.7 Å². The lowest BCUT2D eigenvalue weighted by molar-refractivity contribution is -0.384. The van der Waals surface area contributed by atoms with Gasteiger partial charge in [0.15, 0.2) is 0 Å². The Morgan fingerprint density at radius 3 is 2.44 bits per heavy atom. The van der Waals surface area contributed by atoms with Gasteiger partial charge in [-0.1, -0.05) is 19.1 Å². The third kappa shape index (κ3) is 5.40. The minimum Gasteiger partial charge on any atom is -0.480 e. The van der Waals surface area contributed by atoms with Crippen molar-refractivity contribution in [3.63, 3.8) is 0 Å². The first-order valence-corrected chi connectivity index (χ1v) is 9.01. The number of nitro benzene ring substituents is 1. The average molecular weight is 378 g/mol. The molecule has 0 aliphatic carbocycles. The molecule has 0 unspecified atom stereocenters. The van der Waals surface area contributed by atoms with Crippen molar-refractivity contribution in [2.45, 2.75) is 25.8 Å². The Kier molecular flexibility index (Phi) is 7.12. The number of nitro groups is 1. The topological polar surface area (TPSA) is 107 Å². The standard InChI is InChI=1S/C18H26N4O5/c1-3-20(13-18(24)25)14-8-10-21(11-9-14)17(23)12-19(2)15-6-4-5-7-16(15)22(26)27/h4-7,14H,3,8-13H2,1-2H3,(H,24,25). The van der Waals surface area contributed by atoms with E-state index < -0.39 is 10.9 Å². The van der Waals surface area contributed by atoms with Crippen LogP contribution in [0, 0.1) is 10.1 Å². The number of likely N-dealkylation sites (N-methyl/N-ethyl adjacent to an activating group) is 2. The highest BCUT2D eigenvalue weighted by Gasteiger charge is 2.28. The average Bonchev–Trinajstić information content (AvgIpc) is 2.66. The molecule has 1 aliphatic rings. The molecule has 1 heterocycles. The number of anilines is 1. The van der Waals surface area contributed by atoms with Crippen molar-refractivity contribution in [1.29, 1.82) is 0 Å². The number of carboxylic acid groups (broad SMARTS) is 1. The lowest BCUT2D eigenvalue weighted by Crippen LogP contribution is -2.49. The molecule has 9 nitrogen and oxygen atoms in total. The van der Waals surface area contributed by atoms with Gasteiger partial charge in [0, 0.05) is 32.2 Å². The third-order valence-corrected chi connectivity index (χ3v) is 4.94. The highest BCUT2D eigenvalue weighted by atomic mass is 16.6. The zero-order valence-electron chi connectivity index (χ0n) is 15.7. The largest absolute Gasteiger partial charge is 0.480 e. The Balaban J connectivity index is 1.93. The Morgan fingerprint density at radius 1 is 1.26 bits per heavy atom. The molecule has 1 aromatic rings. The van der Waals surface area contributed by atoms with E-state index in [0.717, 1.165) is 12.8 Å². The maximum absolute atomic E-state index is 12.6. The number of carbonyl (C=O) groups excluding carboxylic acids is 1. The monoisotopic (exact) mass is 378 g/mol. The second kappa shape index (κ2) is 9.31. The van der Waals surface area contributed by atoms with Crippen LogP contribution < -0.4 is 4.90 Å². The zero-order chi connectivity index (χ0) is 20.0. The van der Waals surface area contributed by atoms with Crippen molar-refractivity contribution in [3.8, 4) is 0 Å². The van der Waals surface area contributed by atoms with Gasteiger partial charge in [-0.05, 0) is 25.5 Å². The van der Waals surface area contributed by atoms with E-state index in [-0.39, 0.29) is 30.7 Å². The molecule has 1 amide bonds. The third-order valence-electron chi connectivity index (χ3n) is 4.94. The summed E-state index contributed by atoms with van der Waals surface area (Å²) >= 11 is 0. The van der Waals surface area contributed by atoms with E-state index in [4.69, 9.17) is 5.11 Å². The normalized spacial score (nSPS) is 15.0. The summed E-state index contributed by atoms with van der Waals surface area (Å²) in [5, 5.41) is 20.2. The first-order valence-electron chi connectivity index (χ1n) is 9.01. The SMILES string of the molecule is CCN(CC(=O)O)C1CCN(C(=O)CN(C)c2ccccc2[N+](=O)[O-])CC1. The summed E-state index contributed by atoms with van der Waals surface area (Å²) in [6.07, 6.45) is 1.45. The van der Waals surface area contributed by atoms with Gasteiger partial charge in [-0.2, -0.15) is 0 Å². The maximum atomic E-state index is 12.6. The lowest BCUT2D eigenvalue weighted by Gasteiger charge is -2.38. The van der Waals surface area contributed by atoms with Gasteiger partial charge in [-0.15, -0.1) is 0 Å². The predicted molar refractivity (Wildman–Crippen MR) is 101 cm³/mol. The number of amides is 1. The number of carbonyl (C=O) groups is 2. The first-order chi connectivity index (χ1) is 12.8. The van der Waals surface area contributed by atoms with E-state index in [1.54, 1.807) is 35.0 Å². The van der Waals surface area contributed by atoms with Crippen molar-refractivity contribution < 1.29 is 19.6 Å². The first kappa shape index (κ1) is 20.6. The van der Waals surface area contributed by atoms with E-state index in [1.165, 1.54) is 6.07 Å². The molecular formula is C18H26N4O5. The predicted octanol–water partition coefficient (Wildman–Crippen LogP) is 1.43. The molecule has 0 radical (unpaired) electrons. The molecule has 2 rings (SSSR count). The van der Waals surface area contributed by atoms with E-state index in [9.17, 15) is 19.7 Å². The molecule has 1 fully saturated rings. The second-order valence-corrected chi connectivity index (χ2v) is 6.67. The smallest absolute Gasteiger partial charge is 0.317 e. The van der Waals surface area contributed by atoms with Crippen LogP contribution in [0.5, 0.6) is 0 Å². The number of aliphatic carboxylic acids is 1. The molecule has 1 aromatic carbocycles. The summed E-state index contributed by atoms with van der Waals surface area (Å²) in [6, 6.07) is 6.50. The number of likely N-dealkylation sites (tertiary alicyclic amines) is 1. The quantitative estimate of drug-likeness (QED) is 0.538. The summed E-state index contributed by atoms with van der Waals surface area (Å²) in [5.41, 5.74) is 0.378. The number of nitrogens with zero attached hydrogens (tertiary/aromatic N) is 4. The Hall–Kier alpha value is -2.68. The molecule has 0 bridgehead atoms. The van der Waals surface area contributed by atoms with Crippen LogP contribution in [-0.2, 0) is 9.59 Å². The Morgan fingerprint density at radius 2 is 1.89 bits per heavy atom. The van der Waals surface area contributed by atoms with Crippen LogP contribution in [0.4, 0.5) is 11.4 Å². The van der Waals surface area contributed by atoms with Crippen LogP contribution >= 0.6 is 0 Å². The van der Waals surface area contributed by atoms with Gasteiger partial charge in [0.1, 0.15) is 5.69 Å². The van der Waals surface area contributed by atoms with Crippen LogP contribution in [0.25, 0.3) is 0 Å². The highest BCUT2D eigenvalue weighted by molar-refractivity contribution is 5.82. The van der Waals surface area contributed by atoms with Gasteiger partial charge in [0.2, 0.25) is 5.91 Å². The minimum atomic E-state index is -0.846. The molecule has 0 saturated carbocycles. The summed E-state index contributed by atoms with van der Waals surface area (Å²) < 4.78 is 0. The number of para-hydroxylation sites is 2. The lowest BCUT2D eigenvalue weighted by atomic mass is 10.0. The molecule has 1 N–H and O–H groups in total. The van der Waals surface area contributed by atoms with Gasteiger partial charge >= 0.3 is 5.97 Å². The number of carboxylic acids is 1. The minimum absolute atomic E-state index is 0.00945. The van der Waals surface area contributed by atoms with E-state index in [2.05, 4.69) is 0 Å². The van der Waals surface area contributed by atoms with Gasteiger partial charge in [-0.3, -0.25) is 24.6 Å². The van der Waals surface area contributed by atoms with Crippen LogP contribution in [0.2, 0.25) is 0 Å². The number of hydrogen-bond acceptors (Lipinski definition) is 6. The Labute approximate surface area is 158 Å². The summed E-state index contributed by atoms with van der Waals surface area (Å²) in [4.78, 5) is 39.5. The summed E-state index contributed by atoms with van der Waals surface area (Å²) in [5.74, 6) is -0.933. The Bertz CT molecular complexity index is 688. The number of benzene rings is 1. The van der Waals surface area contributed by atoms with Crippen LogP contribution in [0.3, 0.4) is 0 Å². The number of hydrogen-bond donors (Lipinski definition) is 1. The second-order valence-electron chi connectivity index (χ2n) is 6.67. The van der Waals surface area contributed by atoms with Crippen molar-refractivity contribution >= 4 is 23.3 Å². The molecule has 27 heavy (non-hydrogen) atoms. The molecule has 1 aliphatic heterocycles. The molecule has 0 spiro atoms. The summed E-state index contributed by atoms with van der Waals surface area (Å²) in [6.45, 7) is 3.78. The fraction of sp³-hybridized carbons (Fsp3) is 0.556. The van der Waals surface area contributed by atoms with E-state index in [0.29, 0.717) is 25.3 Å². The van der Waals surface area contributed by atoms with Gasteiger partial charge < -0.3 is 14.9 Å². The number of piperidine rings is 1. The fourth-order valence-electron chi connectivity index (χ4n) is 3.48. The van der Waals surface area contributed by atoms with Gasteiger partial charge in [0.05, 0.1) is 18.0 Å².